The zero-order valence-corrected chi connectivity index (χ0v) is 11.7. The Labute approximate surface area is 109 Å². The van der Waals surface area contributed by atoms with Crippen LogP contribution in [0.2, 0.25) is 0 Å². The lowest BCUT2D eigenvalue weighted by molar-refractivity contribution is -0.147. The molecule has 1 aromatic carbocycles. The van der Waals surface area contributed by atoms with Gasteiger partial charge in [-0.2, -0.15) is 0 Å². The first-order valence-corrected chi connectivity index (χ1v) is 6.22. The largest absolute Gasteiger partial charge is 0.478 e. The molecule has 3 heteroatoms. The van der Waals surface area contributed by atoms with Crippen molar-refractivity contribution in [2.45, 2.75) is 46.1 Å². The van der Waals surface area contributed by atoms with Crippen LogP contribution >= 0.6 is 0 Å². The second-order valence-corrected chi connectivity index (χ2v) is 5.87. The van der Waals surface area contributed by atoms with E-state index < -0.39 is 12.1 Å². The number of aliphatic carboxylic acids is 1. The number of carboxylic acid groups (broad SMARTS) is 1. The highest BCUT2D eigenvalue weighted by molar-refractivity contribution is 5.73. The van der Waals surface area contributed by atoms with Crippen molar-refractivity contribution in [2.24, 2.45) is 5.92 Å². The topological polar surface area (TPSA) is 46.5 Å². The van der Waals surface area contributed by atoms with Crippen LogP contribution in [0.25, 0.3) is 0 Å². The molecule has 18 heavy (non-hydrogen) atoms. The summed E-state index contributed by atoms with van der Waals surface area (Å²) in [4.78, 5) is 11.2. The third kappa shape index (κ3) is 3.49. The van der Waals surface area contributed by atoms with Crippen LogP contribution in [0, 0.1) is 5.92 Å². The van der Waals surface area contributed by atoms with E-state index in [4.69, 9.17) is 4.74 Å². The Hall–Kier alpha value is -1.51. The monoisotopic (exact) mass is 250 g/mol. The van der Waals surface area contributed by atoms with Gasteiger partial charge in [-0.25, -0.2) is 4.79 Å². The van der Waals surface area contributed by atoms with E-state index in [1.807, 2.05) is 38.1 Å². The smallest absolute Gasteiger partial charge is 0.345 e. The minimum Gasteiger partial charge on any atom is -0.478 e. The van der Waals surface area contributed by atoms with Crippen molar-refractivity contribution in [3.05, 3.63) is 29.8 Å². The average Bonchev–Trinajstić information content (AvgIpc) is 2.24. The van der Waals surface area contributed by atoms with Crippen molar-refractivity contribution in [3.63, 3.8) is 0 Å². The molecule has 1 N–H and O–H groups in total. The summed E-state index contributed by atoms with van der Waals surface area (Å²) in [6, 6.07) is 7.62. The average molecular weight is 250 g/mol. The molecule has 1 atom stereocenters. The lowest BCUT2D eigenvalue weighted by atomic mass is 9.86. The maximum absolute atomic E-state index is 11.2. The minimum atomic E-state index is -0.922. The van der Waals surface area contributed by atoms with Crippen LogP contribution in [0.1, 0.15) is 40.2 Å². The first-order valence-electron chi connectivity index (χ1n) is 6.22. The van der Waals surface area contributed by atoms with Crippen LogP contribution in [0.5, 0.6) is 5.75 Å². The molecule has 1 rings (SSSR count). The lowest BCUT2D eigenvalue weighted by Gasteiger charge is -2.26. The van der Waals surface area contributed by atoms with E-state index in [0.717, 1.165) is 5.56 Å². The Bertz CT molecular complexity index is 416. The van der Waals surface area contributed by atoms with Gasteiger partial charge < -0.3 is 9.84 Å². The van der Waals surface area contributed by atoms with Crippen molar-refractivity contribution in [2.75, 3.05) is 0 Å². The number of rotatable bonds is 4. The van der Waals surface area contributed by atoms with Crippen LogP contribution in [0.3, 0.4) is 0 Å². The molecular formula is C15H22O3. The Kier molecular flexibility index (Phi) is 4.38. The molecule has 0 saturated heterocycles. The number of hydrogen-bond donors (Lipinski definition) is 1. The molecule has 0 aliphatic heterocycles. The van der Waals surface area contributed by atoms with E-state index >= 15 is 0 Å². The zero-order valence-electron chi connectivity index (χ0n) is 11.7. The Morgan fingerprint density at radius 3 is 2.22 bits per heavy atom. The van der Waals surface area contributed by atoms with E-state index in [-0.39, 0.29) is 11.3 Å². The molecule has 0 aromatic heterocycles. The van der Waals surface area contributed by atoms with Gasteiger partial charge >= 0.3 is 5.97 Å². The summed E-state index contributed by atoms with van der Waals surface area (Å²) in [5, 5.41) is 9.17. The molecule has 3 nitrogen and oxygen atoms in total. The molecule has 0 spiro atoms. The number of ether oxygens (including phenoxy) is 1. The fourth-order valence-electron chi connectivity index (χ4n) is 1.80. The molecule has 100 valence electrons. The van der Waals surface area contributed by atoms with Gasteiger partial charge in [0.05, 0.1) is 0 Å². The Balaban J connectivity index is 3.07. The number of carbonyl (C=O) groups is 1. The molecule has 1 aromatic rings. The van der Waals surface area contributed by atoms with Crippen molar-refractivity contribution < 1.29 is 14.6 Å². The summed E-state index contributed by atoms with van der Waals surface area (Å²) >= 11 is 0. The highest BCUT2D eigenvalue weighted by atomic mass is 16.5. The van der Waals surface area contributed by atoms with Gasteiger partial charge in [0.1, 0.15) is 5.75 Å². The Morgan fingerprint density at radius 2 is 1.78 bits per heavy atom. The second-order valence-electron chi connectivity index (χ2n) is 5.87. The van der Waals surface area contributed by atoms with Gasteiger partial charge in [0, 0.05) is 5.92 Å². The quantitative estimate of drug-likeness (QED) is 0.890. The fraction of sp³-hybridized carbons (Fsp3) is 0.533. The minimum absolute atomic E-state index is 0.0728. The number of carboxylic acids is 1. The van der Waals surface area contributed by atoms with Gasteiger partial charge in [-0.15, -0.1) is 0 Å². The van der Waals surface area contributed by atoms with Gasteiger partial charge in [-0.05, 0) is 17.0 Å². The van der Waals surface area contributed by atoms with Crippen molar-refractivity contribution in [3.8, 4) is 5.75 Å². The first kappa shape index (κ1) is 14.6. The molecule has 0 radical (unpaired) electrons. The molecule has 0 bridgehead atoms. The summed E-state index contributed by atoms with van der Waals surface area (Å²) < 4.78 is 5.70. The van der Waals surface area contributed by atoms with Crippen LogP contribution in [0.15, 0.2) is 24.3 Å². The number of para-hydroxylation sites is 1. The predicted octanol–water partition coefficient (Wildman–Crippen LogP) is 3.47. The summed E-state index contributed by atoms with van der Waals surface area (Å²) in [7, 11) is 0. The van der Waals surface area contributed by atoms with Crippen LogP contribution in [0.4, 0.5) is 0 Å². The standard InChI is InChI=1S/C15H22O3/c1-10(2)13(14(16)17)18-12-9-7-6-8-11(12)15(3,4)5/h6-10,13H,1-5H3,(H,16,17). The van der Waals surface area contributed by atoms with Gasteiger partial charge in [0.2, 0.25) is 0 Å². The molecule has 0 fully saturated rings. The highest BCUT2D eigenvalue weighted by Crippen LogP contribution is 2.32. The molecule has 0 amide bonds. The van der Waals surface area contributed by atoms with Crippen molar-refractivity contribution >= 4 is 5.97 Å². The van der Waals surface area contributed by atoms with E-state index in [0.29, 0.717) is 5.75 Å². The van der Waals surface area contributed by atoms with E-state index in [9.17, 15) is 9.90 Å². The number of benzene rings is 1. The van der Waals surface area contributed by atoms with Gasteiger partial charge in [0.15, 0.2) is 6.10 Å². The first-order chi connectivity index (χ1) is 8.23. The summed E-state index contributed by atoms with van der Waals surface area (Å²) in [5.41, 5.74) is 0.952. The SMILES string of the molecule is CC(C)C(Oc1ccccc1C(C)(C)C)C(=O)O. The molecule has 0 heterocycles. The van der Waals surface area contributed by atoms with Crippen LogP contribution in [-0.2, 0) is 10.2 Å². The van der Waals surface area contributed by atoms with Crippen molar-refractivity contribution in [1.82, 2.24) is 0 Å². The van der Waals surface area contributed by atoms with E-state index in [1.165, 1.54) is 0 Å². The lowest BCUT2D eigenvalue weighted by Crippen LogP contribution is -2.33. The maximum Gasteiger partial charge on any atom is 0.345 e. The van der Waals surface area contributed by atoms with Crippen LogP contribution < -0.4 is 4.74 Å². The zero-order chi connectivity index (χ0) is 13.9. The van der Waals surface area contributed by atoms with Gasteiger partial charge in [0.25, 0.3) is 0 Å². The molecule has 0 aliphatic rings. The van der Waals surface area contributed by atoms with Crippen molar-refractivity contribution in [1.29, 1.82) is 0 Å². The molecule has 1 unspecified atom stereocenters. The summed E-state index contributed by atoms with van der Waals surface area (Å²) in [6.45, 7) is 9.94. The van der Waals surface area contributed by atoms with E-state index in [1.54, 1.807) is 0 Å². The third-order valence-electron chi connectivity index (χ3n) is 2.80. The van der Waals surface area contributed by atoms with E-state index in [2.05, 4.69) is 20.8 Å². The molecule has 0 aliphatic carbocycles. The fourth-order valence-corrected chi connectivity index (χ4v) is 1.80. The van der Waals surface area contributed by atoms with Gasteiger partial charge in [-0.1, -0.05) is 52.8 Å². The predicted molar refractivity (Wildman–Crippen MR) is 72.0 cm³/mol. The summed E-state index contributed by atoms with van der Waals surface area (Å²) in [5.74, 6) is -0.338. The van der Waals surface area contributed by atoms with Crippen LogP contribution in [-0.4, -0.2) is 17.2 Å². The molecule has 0 saturated carbocycles. The van der Waals surface area contributed by atoms with Gasteiger partial charge in [-0.3, -0.25) is 0 Å². The number of hydrogen-bond acceptors (Lipinski definition) is 2. The second kappa shape index (κ2) is 5.42. The molecular weight excluding hydrogens is 228 g/mol. The normalized spacial score (nSPS) is 13.4. The Morgan fingerprint density at radius 1 is 1.22 bits per heavy atom. The third-order valence-corrected chi connectivity index (χ3v) is 2.80. The maximum atomic E-state index is 11.2. The summed E-state index contributed by atoms with van der Waals surface area (Å²) in [6.07, 6.45) is -0.812. The highest BCUT2D eigenvalue weighted by Gasteiger charge is 2.26.